The molecular formula is C14H19ClN2O3. The van der Waals surface area contributed by atoms with Crippen LogP contribution in [0.4, 0.5) is 5.69 Å². The molecule has 110 valence electrons. The Bertz CT molecular complexity index is 489. The van der Waals surface area contributed by atoms with Crippen molar-refractivity contribution in [2.45, 2.75) is 44.2 Å². The third kappa shape index (κ3) is 3.29. The molecule has 6 heteroatoms. The molecule has 3 N–H and O–H groups in total. The van der Waals surface area contributed by atoms with Gasteiger partial charge < -0.3 is 10.8 Å². The van der Waals surface area contributed by atoms with Crippen molar-refractivity contribution in [3.8, 4) is 0 Å². The van der Waals surface area contributed by atoms with E-state index in [-0.39, 0.29) is 11.6 Å². The van der Waals surface area contributed by atoms with Gasteiger partial charge in [0.1, 0.15) is 0 Å². The van der Waals surface area contributed by atoms with Gasteiger partial charge in [-0.25, -0.2) is 0 Å². The predicted molar refractivity (Wildman–Crippen MR) is 77.6 cm³/mol. The van der Waals surface area contributed by atoms with Crippen LogP contribution in [-0.2, 0) is 0 Å². The van der Waals surface area contributed by atoms with Crippen molar-refractivity contribution in [2.24, 2.45) is 11.7 Å². The summed E-state index contributed by atoms with van der Waals surface area (Å²) >= 11 is 5.90. The van der Waals surface area contributed by atoms with E-state index in [9.17, 15) is 15.2 Å². The maximum absolute atomic E-state index is 11.1. The molecule has 1 aromatic carbocycles. The first-order valence-electron chi connectivity index (χ1n) is 6.88. The molecule has 0 heterocycles. The van der Waals surface area contributed by atoms with Crippen molar-refractivity contribution in [3.63, 3.8) is 0 Å². The molecule has 2 rings (SSSR count). The molecule has 5 nitrogen and oxygen atoms in total. The summed E-state index contributed by atoms with van der Waals surface area (Å²) in [7, 11) is 0. The number of rotatable bonds is 4. The standard InChI is InChI=1S/C14H19ClN2O3/c15-10-6-7-12(17(19)20)11(8-10)13(16)14(18)9-4-2-1-3-5-9/h6-9,13-14,18H,1-5,16H2/t13-,14+/m0/s1. The second kappa shape index (κ2) is 6.52. The van der Waals surface area contributed by atoms with E-state index >= 15 is 0 Å². The van der Waals surface area contributed by atoms with E-state index < -0.39 is 17.1 Å². The van der Waals surface area contributed by atoms with Crippen molar-refractivity contribution in [3.05, 3.63) is 38.9 Å². The largest absolute Gasteiger partial charge is 0.391 e. The zero-order valence-corrected chi connectivity index (χ0v) is 11.9. The van der Waals surface area contributed by atoms with Crippen LogP contribution < -0.4 is 5.73 Å². The van der Waals surface area contributed by atoms with Gasteiger partial charge in [-0.1, -0.05) is 30.9 Å². The summed E-state index contributed by atoms with van der Waals surface area (Å²) in [6, 6.07) is 3.50. The molecule has 1 aromatic rings. The van der Waals surface area contributed by atoms with Crippen molar-refractivity contribution >= 4 is 17.3 Å². The summed E-state index contributed by atoms with van der Waals surface area (Å²) in [5.74, 6) is 0.109. The lowest BCUT2D eigenvalue weighted by molar-refractivity contribution is -0.385. The molecule has 0 spiro atoms. The van der Waals surface area contributed by atoms with Gasteiger partial charge in [-0.05, 0) is 30.9 Å². The van der Waals surface area contributed by atoms with Gasteiger partial charge in [0.05, 0.1) is 22.6 Å². The summed E-state index contributed by atoms with van der Waals surface area (Å²) in [6.45, 7) is 0. The molecule has 20 heavy (non-hydrogen) atoms. The van der Waals surface area contributed by atoms with Crippen LogP contribution in [-0.4, -0.2) is 16.1 Å². The Balaban J connectivity index is 2.24. The van der Waals surface area contributed by atoms with Gasteiger partial charge in [0, 0.05) is 11.1 Å². The van der Waals surface area contributed by atoms with Gasteiger partial charge in [0.25, 0.3) is 5.69 Å². The summed E-state index contributed by atoms with van der Waals surface area (Å²) in [5, 5.41) is 21.9. The molecule has 1 saturated carbocycles. The Morgan fingerprint density at radius 1 is 1.35 bits per heavy atom. The van der Waals surface area contributed by atoms with Crippen molar-refractivity contribution in [1.29, 1.82) is 0 Å². The fourth-order valence-corrected chi connectivity index (χ4v) is 3.09. The highest BCUT2D eigenvalue weighted by Gasteiger charge is 2.31. The lowest BCUT2D eigenvalue weighted by atomic mass is 9.81. The number of nitro groups is 1. The Morgan fingerprint density at radius 2 is 2.00 bits per heavy atom. The van der Waals surface area contributed by atoms with E-state index in [1.165, 1.54) is 24.6 Å². The van der Waals surface area contributed by atoms with Gasteiger partial charge in [-0.3, -0.25) is 10.1 Å². The quantitative estimate of drug-likeness (QED) is 0.660. The average molecular weight is 299 g/mol. The number of aliphatic hydroxyl groups is 1. The maximum Gasteiger partial charge on any atom is 0.274 e. The minimum atomic E-state index is -0.780. The van der Waals surface area contributed by atoms with Gasteiger partial charge in [-0.15, -0.1) is 0 Å². The topological polar surface area (TPSA) is 89.4 Å². The van der Waals surface area contributed by atoms with Crippen LogP contribution in [0.2, 0.25) is 5.02 Å². The molecule has 1 aliphatic carbocycles. The fourth-order valence-electron chi connectivity index (χ4n) is 2.91. The second-order valence-electron chi connectivity index (χ2n) is 5.37. The van der Waals surface area contributed by atoms with Crippen LogP contribution in [0, 0.1) is 16.0 Å². The van der Waals surface area contributed by atoms with E-state index in [1.807, 2.05) is 0 Å². The fraction of sp³-hybridized carbons (Fsp3) is 0.571. The third-order valence-corrected chi connectivity index (χ3v) is 4.28. The lowest BCUT2D eigenvalue weighted by Gasteiger charge is -2.30. The third-order valence-electron chi connectivity index (χ3n) is 4.05. The molecule has 1 aliphatic rings. The first-order chi connectivity index (χ1) is 9.50. The molecule has 0 amide bonds. The molecule has 0 bridgehead atoms. The first kappa shape index (κ1) is 15.2. The molecule has 2 atom stereocenters. The summed E-state index contributed by atoms with van der Waals surface area (Å²) in [6.07, 6.45) is 4.40. The summed E-state index contributed by atoms with van der Waals surface area (Å²) in [4.78, 5) is 10.6. The zero-order valence-electron chi connectivity index (χ0n) is 11.2. The smallest absolute Gasteiger partial charge is 0.274 e. The van der Waals surface area contributed by atoms with E-state index in [0.29, 0.717) is 10.6 Å². The summed E-state index contributed by atoms with van der Waals surface area (Å²) < 4.78 is 0. The van der Waals surface area contributed by atoms with E-state index in [0.717, 1.165) is 25.7 Å². The van der Waals surface area contributed by atoms with Crippen LogP contribution in [0.5, 0.6) is 0 Å². The number of hydrogen-bond acceptors (Lipinski definition) is 4. The van der Waals surface area contributed by atoms with E-state index in [1.54, 1.807) is 0 Å². The number of hydrogen-bond donors (Lipinski definition) is 2. The van der Waals surface area contributed by atoms with Crippen LogP contribution in [0.3, 0.4) is 0 Å². The van der Waals surface area contributed by atoms with Gasteiger partial charge in [-0.2, -0.15) is 0 Å². The number of nitro benzene ring substituents is 1. The molecule has 0 saturated heterocycles. The van der Waals surface area contributed by atoms with Crippen LogP contribution >= 0.6 is 11.6 Å². The van der Waals surface area contributed by atoms with Gasteiger partial charge in [0.15, 0.2) is 0 Å². The molecule has 0 unspecified atom stereocenters. The minimum Gasteiger partial charge on any atom is -0.391 e. The van der Waals surface area contributed by atoms with Crippen molar-refractivity contribution < 1.29 is 10.0 Å². The molecular weight excluding hydrogens is 280 g/mol. The van der Waals surface area contributed by atoms with Gasteiger partial charge in [0.2, 0.25) is 0 Å². The second-order valence-corrected chi connectivity index (χ2v) is 5.81. The monoisotopic (exact) mass is 298 g/mol. The molecule has 0 aromatic heterocycles. The molecule has 0 radical (unpaired) electrons. The van der Waals surface area contributed by atoms with Crippen LogP contribution in [0.1, 0.15) is 43.7 Å². The Labute approximate surface area is 122 Å². The minimum absolute atomic E-state index is 0.0863. The zero-order chi connectivity index (χ0) is 14.7. The van der Waals surface area contributed by atoms with Gasteiger partial charge >= 0.3 is 0 Å². The summed E-state index contributed by atoms with van der Waals surface area (Å²) in [5.41, 5.74) is 6.28. The highest BCUT2D eigenvalue weighted by Crippen LogP contribution is 2.35. The number of nitrogens with two attached hydrogens (primary N) is 1. The molecule has 0 aliphatic heterocycles. The normalized spacial score (nSPS) is 19.6. The Kier molecular flexibility index (Phi) is 4.96. The molecule has 1 fully saturated rings. The number of aliphatic hydroxyl groups excluding tert-OH is 1. The SMILES string of the molecule is N[C@@H](c1cc(Cl)ccc1[N+](=O)[O-])[C@H](O)C1CCCCC1. The van der Waals surface area contributed by atoms with E-state index in [4.69, 9.17) is 17.3 Å². The maximum atomic E-state index is 11.1. The Hall–Kier alpha value is -1.17. The number of nitrogens with zero attached hydrogens (tertiary/aromatic N) is 1. The highest BCUT2D eigenvalue weighted by atomic mass is 35.5. The number of benzene rings is 1. The lowest BCUT2D eigenvalue weighted by Crippen LogP contribution is -2.34. The van der Waals surface area contributed by atoms with Crippen LogP contribution in [0.25, 0.3) is 0 Å². The highest BCUT2D eigenvalue weighted by molar-refractivity contribution is 6.30. The van der Waals surface area contributed by atoms with Crippen molar-refractivity contribution in [2.75, 3.05) is 0 Å². The van der Waals surface area contributed by atoms with E-state index in [2.05, 4.69) is 0 Å². The first-order valence-corrected chi connectivity index (χ1v) is 7.26. The predicted octanol–water partition coefficient (Wildman–Crippen LogP) is 3.19. The van der Waals surface area contributed by atoms with Crippen LogP contribution in [0.15, 0.2) is 18.2 Å². The number of halogens is 1. The Morgan fingerprint density at radius 3 is 2.60 bits per heavy atom. The van der Waals surface area contributed by atoms with Crippen molar-refractivity contribution in [1.82, 2.24) is 0 Å². The average Bonchev–Trinajstić information content (AvgIpc) is 2.46.